The van der Waals surface area contributed by atoms with Gasteiger partial charge in [0.15, 0.2) is 0 Å². The first kappa shape index (κ1) is 11.6. The minimum absolute atomic E-state index is 0.252. The van der Waals surface area contributed by atoms with Crippen molar-refractivity contribution in [2.24, 2.45) is 5.92 Å². The van der Waals surface area contributed by atoms with Crippen LogP contribution in [0.2, 0.25) is 0 Å². The number of allylic oxidation sites excluding steroid dienone is 1. The van der Waals surface area contributed by atoms with Crippen molar-refractivity contribution in [3.8, 4) is 0 Å². The zero-order chi connectivity index (χ0) is 11.3. The van der Waals surface area contributed by atoms with Crippen LogP contribution in [0.5, 0.6) is 0 Å². The number of hydrogen-bond donors (Lipinski definition) is 1. The Labute approximate surface area is 88.3 Å². The fourth-order valence-electron chi connectivity index (χ4n) is 1.62. The smallest absolute Gasteiger partial charge is 0.409 e. The Morgan fingerprint density at radius 1 is 1.40 bits per heavy atom. The molecule has 1 N–H and O–H groups in total. The van der Waals surface area contributed by atoms with Gasteiger partial charge in [-0.25, -0.2) is 9.59 Å². The summed E-state index contributed by atoms with van der Waals surface area (Å²) in [4.78, 5) is 23.1. The molecule has 5 nitrogen and oxygen atoms in total. The molecule has 0 spiro atoms. The molecule has 0 aromatic rings. The van der Waals surface area contributed by atoms with Crippen LogP contribution in [-0.2, 0) is 9.53 Å². The van der Waals surface area contributed by atoms with Gasteiger partial charge in [-0.1, -0.05) is 6.08 Å². The third kappa shape index (κ3) is 3.61. The molecule has 0 bridgehead atoms. The van der Waals surface area contributed by atoms with E-state index >= 15 is 0 Å². The van der Waals surface area contributed by atoms with Crippen molar-refractivity contribution in [2.45, 2.75) is 12.8 Å². The third-order valence-corrected chi connectivity index (χ3v) is 2.48. The lowest BCUT2D eigenvalue weighted by atomic mass is 9.97. The van der Waals surface area contributed by atoms with Crippen molar-refractivity contribution in [1.29, 1.82) is 0 Å². The Morgan fingerprint density at radius 3 is 2.47 bits per heavy atom. The summed E-state index contributed by atoms with van der Waals surface area (Å²) in [6, 6.07) is 0. The van der Waals surface area contributed by atoms with Gasteiger partial charge in [0, 0.05) is 19.2 Å². The first-order valence-corrected chi connectivity index (χ1v) is 4.87. The normalized spacial score (nSPS) is 18.1. The predicted octanol–water partition coefficient (Wildman–Crippen LogP) is 1.11. The number of aliphatic carboxylic acids is 1. The van der Waals surface area contributed by atoms with Gasteiger partial charge in [0.2, 0.25) is 0 Å². The Kier molecular flexibility index (Phi) is 4.15. The lowest BCUT2D eigenvalue weighted by Gasteiger charge is -2.29. The van der Waals surface area contributed by atoms with Gasteiger partial charge in [-0.15, -0.1) is 0 Å². The van der Waals surface area contributed by atoms with Crippen LogP contribution in [0.4, 0.5) is 4.79 Å². The summed E-state index contributed by atoms with van der Waals surface area (Å²) >= 11 is 0. The highest BCUT2D eigenvalue weighted by Crippen LogP contribution is 2.18. The molecule has 1 fully saturated rings. The average Bonchev–Trinajstić information content (AvgIpc) is 2.26. The van der Waals surface area contributed by atoms with E-state index in [2.05, 4.69) is 4.74 Å². The van der Waals surface area contributed by atoms with E-state index in [1.807, 2.05) is 0 Å². The van der Waals surface area contributed by atoms with Gasteiger partial charge >= 0.3 is 12.1 Å². The molecule has 84 valence electrons. The number of piperidine rings is 1. The molecule has 0 radical (unpaired) electrons. The number of hydrogen-bond acceptors (Lipinski definition) is 3. The molecule has 5 heteroatoms. The summed E-state index contributed by atoms with van der Waals surface area (Å²) in [6.07, 6.45) is 4.13. The summed E-state index contributed by atoms with van der Waals surface area (Å²) in [6.45, 7) is 1.25. The zero-order valence-electron chi connectivity index (χ0n) is 8.68. The largest absolute Gasteiger partial charge is 0.478 e. The van der Waals surface area contributed by atoms with E-state index in [9.17, 15) is 9.59 Å². The fraction of sp³-hybridized carbons (Fsp3) is 0.600. The van der Waals surface area contributed by atoms with E-state index in [-0.39, 0.29) is 12.0 Å². The average molecular weight is 213 g/mol. The molecule has 0 aromatic carbocycles. The second kappa shape index (κ2) is 5.38. The number of carbonyl (C=O) groups is 2. The Hall–Kier alpha value is -1.52. The van der Waals surface area contributed by atoms with Crippen molar-refractivity contribution in [3.05, 3.63) is 12.2 Å². The van der Waals surface area contributed by atoms with Gasteiger partial charge < -0.3 is 14.7 Å². The van der Waals surface area contributed by atoms with Gasteiger partial charge in [-0.2, -0.15) is 0 Å². The molecular formula is C10H15NO4. The summed E-state index contributed by atoms with van der Waals surface area (Å²) in [7, 11) is 1.36. The number of nitrogens with zero attached hydrogens (tertiary/aromatic N) is 1. The molecule has 1 rings (SSSR count). The number of likely N-dealkylation sites (tertiary alicyclic amines) is 1. The van der Waals surface area contributed by atoms with Crippen LogP contribution in [0.1, 0.15) is 12.8 Å². The summed E-state index contributed by atoms with van der Waals surface area (Å²) in [5.41, 5.74) is 0. The molecule has 1 aliphatic rings. The first-order chi connectivity index (χ1) is 7.13. The molecule has 0 unspecified atom stereocenters. The predicted molar refractivity (Wildman–Crippen MR) is 53.5 cm³/mol. The van der Waals surface area contributed by atoms with Gasteiger partial charge in [0.25, 0.3) is 0 Å². The number of methoxy groups -OCH3 is 1. The molecule has 1 amide bonds. The van der Waals surface area contributed by atoms with E-state index in [1.165, 1.54) is 13.2 Å². The van der Waals surface area contributed by atoms with Crippen molar-refractivity contribution in [3.63, 3.8) is 0 Å². The molecule has 0 aromatic heterocycles. The van der Waals surface area contributed by atoms with Gasteiger partial charge in [-0.3, -0.25) is 0 Å². The molecule has 1 saturated heterocycles. The fourth-order valence-corrected chi connectivity index (χ4v) is 1.62. The second-order valence-electron chi connectivity index (χ2n) is 3.49. The maximum atomic E-state index is 11.1. The summed E-state index contributed by atoms with van der Waals surface area (Å²) in [5, 5.41) is 8.45. The maximum Gasteiger partial charge on any atom is 0.409 e. The highest BCUT2D eigenvalue weighted by Gasteiger charge is 2.21. The lowest BCUT2D eigenvalue weighted by Crippen LogP contribution is -2.37. The first-order valence-electron chi connectivity index (χ1n) is 4.87. The summed E-state index contributed by atoms with van der Waals surface area (Å²) < 4.78 is 4.60. The van der Waals surface area contributed by atoms with Crippen LogP contribution in [0.25, 0.3) is 0 Å². The molecule has 0 saturated carbocycles. The van der Waals surface area contributed by atoms with E-state index in [0.29, 0.717) is 13.1 Å². The highest BCUT2D eigenvalue weighted by molar-refractivity contribution is 5.79. The van der Waals surface area contributed by atoms with Crippen molar-refractivity contribution >= 4 is 12.1 Å². The standard InChI is InChI=1S/C10H15NO4/c1-15-10(14)11-6-4-8(5-7-11)2-3-9(12)13/h2-3,8H,4-7H2,1H3,(H,12,13)/b3-2+. The zero-order valence-corrected chi connectivity index (χ0v) is 8.68. The number of carboxylic acids is 1. The van der Waals surface area contributed by atoms with E-state index < -0.39 is 5.97 Å². The Balaban J connectivity index is 2.36. The highest BCUT2D eigenvalue weighted by atomic mass is 16.5. The monoisotopic (exact) mass is 213 g/mol. The second-order valence-corrected chi connectivity index (χ2v) is 3.49. The van der Waals surface area contributed by atoms with Crippen molar-refractivity contribution < 1.29 is 19.4 Å². The van der Waals surface area contributed by atoms with E-state index in [4.69, 9.17) is 5.11 Å². The van der Waals surface area contributed by atoms with Gasteiger partial charge in [0.05, 0.1) is 7.11 Å². The Bertz CT molecular complexity index is 267. The molecular weight excluding hydrogens is 198 g/mol. The SMILES string of the molecule is COC(=O)N1CCC(/C=C/C(=O)O)CC1. The Morgan fingerprint density at radius 2 is 2.00 bits per heavy atom. The molecule has 0 atom stereocenters. The number of carbonyl (C=O) groups excluding carboxylic acids is 1. The summed E-state index contributed by atoms with van der Waals surface area (Å²) in [5.74, 6) is -0.674. The van der Waals surface area contributed by atoms with Gasteiger partial charge in [-0.05, 0) is 18.8 Å². The van der Waals surface area contributed by atoms with Crippen LogP contribution in [0.15, 0.2) is 12.2 Å². The van der Waals surface area contributed by atoms with Gasteiger partial charge in [0.1, 0.15) is 0 Å². The third-order valence-electron chi connectivity index (χ3n) is 2.48. The van der Waals surface area contributed by atoms with Crippen LogP contribution in [0, 0.1) is 5.92 Å². The maximum absolute atomic E-state index is 11.1. The van der Waals surface area contributed by atoms with E-state index in [0.717, 1.165) is 12.8 Å². The van der Waals surface area contributed by atoms with Crippen molar-refractivity contribution in [1.82, 2.24) is 4.90 Å². The molecule has 0 aliphatic carbocycles. The van der Waals surface area contributed by atoms with Crippen LogP contribution in [-0.4, -0.2) is 42.3 Å². The van der Waals surface area contributed by atoms with Crippen LogP contribution in [0.3, 0.4) is 0 Å². The number of ether oxygens (including phenoxy) is 1. The van der Waals surface area contributed by atoms with Crippen LogP contribution >= 0.6 is 0 Å². The topological polar surface area (TPSA) is 66.8 Å². The minimum Gasteiger partial charge on any atom is -0.478 e. The molecule has 15 heavy (non-hydrogen) atoms. The van der Waals surface area contributed by atoms with Crippen LogP contribution < -0.4 is 0 Å². The molecule has 1 heterocycles. The van der Waals surface area contributed by atoms with Crippen molar-refractivity contribution in [2.75, 3.05) is 20.2 Å². The molecule has 1 aliphatic heterocycles. The van der Waals surface area contributed by atoms with E-state index in [1.54, 1.807) is 11.0 Å². The lowest BCUT2D eigenvalue weighted by molar-refractivity contribution is -0.131. The number of rotatable bonds is 2. The minimum atomic E-state index is -0.926. The number of amides is 1. The quantitative estimate of drug-likeness (QED) is 0.697. The number of carboxylic acid groups (broad SMARTS) is 1.